The summed E-state index contributed by atoms with van der Waals surface area (Å²) in [6.07, 6.45) is 2.53. The second-order valence-electron chi connectivity index (χ2n) is 3.77. The lowest BCUT2D eigenvalue weighted by Crippen LogP contribution is -1.96. The lowest BCUT2D eigenvalue weighted by atomic mass is 10.1. The first-order valence-electron chi connectivity index (χ1n) is 5.32. The second-order valence-corrected chi connectivity index (χ2v) is 5.74. The molecule has 1 aliphatic rings. The van der Waals surface area contributed by atoms with E-state index in [4.69, 9.17) is 0 Å². The zero-order chi connectivity index (χ0) is 12.3. The number of hydrogen-bond acceptors (Lipinski definition) is 3. The van der Waals surface area contributed by atoms with Gasteiger partial charge in [-0.3, -0.25) is 0 Å². The van der Waals surface area contributed by atoms with Crippen LogP contribution in [0.15, 0.2) is 40.5 Å². The van der Waals surface area contributed by atoms with Crippen LogP contribution in [0, 0.1) is 23.2 Å². The largest absolute Gasteiger partial charge is 0.197 e. The highest BCUT2D eigenvalue weighted by Crippen LogP contribution is 2.44. The number of nitrogens with zero attached hydrogens (tertiary/aromatic N) is 2. The number of rotatable bonds is 3. The van der Waals surface area contributed by atoms with E-state index in [1.807, 2.05) is 36.6 Å². The Balaban J connectivity index is 2.43. The monoisotopic (exact) mass is 244 g/mol. The van der Waals surface area contributed by atoms with Gasteiger partial charge in [-0.25, -0.2) is 0 Å². The highest BCUT2D eigenvalue weighted by Gasteiger charge is 2.22. The quantitative estimate of drug-likeness (QED) is 0.602. The molecule has 1 aliphatic heterocycles. The molecule has 0 spiro atoms. The van der Waals surface area contributed by atoms with Gasteiger partial charge in [0, 0.05) is 0 Å². The molecule has 0 radical (unpaired) electrons. The van der Waals surface area contributed by atoms with Crippen molar-refractivity contribution in [3.05, 3.63) is 51.4 Å². The van der Waals surface area contributed by atoms with Crippen molar-refractivity contribution >= 4 is 15.9 Å². The maximum atomic E-state index is 10.7. The second kappa shape index (κ2) is 5.07. The average molecular weight is 244 g/mol. The standard InChI is InChI=1S/C13H12N2OS/c1-10-5-2-3-6-11(10)12(9-14)17-8-4-7-13(17)15-16/h2-3,5-8,12H,4H2,1H3. The number of hydrogen-bond donors (Lipinski definition) is 0. The molecule has 1 aromatic carbocycles. The Morgan fingerprint density at radius 3 is 2.88 bits per heavy atom. The molecule has 17 heavy (non-hydrogen) atoms. The third-order valence-corrected chi connectivity index (χ3v) is 4.88. The molecule has 2 atom stereocenters. The van der Waals surface area contributed by atoms with Crippen LogP contribution in [0.25, 0.3) is 0 Å². The van der Waals surface area contributed by atoms with E-state index < -0.39 is 10.5 Å². The van der Waals surface area contributed by atoms with Gasteiger partial charge >= 0.3 is 0 Å². The number of benzene rings is 1. The van der Waals surface area contributed by atoms with Crippen LogP contribution >= 0.6 is 10.5 Å². The van der Waals surface area contributed by atoms with Crippen LogP contribution in [0.4, 0.5) is 0 Å². The predicted molar refractivity (Wildman–Crippen MR) is 71.7 cm³/mol. The smallest absolute Gasteiger partial charge is 0.133 e. The molecule has 1 aromatic rings. The molecule has 0 saturated carbocycles. The van der Waals surface area contributed by atoms with Crippen LogP contribution in [-0.4, -0.2) is 5.37 Å². The summed E-state index contributed by atoms with van der Waals surface area (Å²) in [6.45, 7) is 1.98. The van der Waals surface area contributed by atoms with E-state index in [0.717, 1.165) is 17.5 Å². The Bertz CT molecular complexity index is 555. The Labute approximate surface area is 103 Å². The van der Waals surface area contributed by atoms with Crippen molar-refractivity contribution in [3.8, 4) is 6.07 Å². The van der Waals surface area contributed by atoms with Gasteiger partial charge in [0.15, 0.2) is 0 Å². The van der Waals surface area contributed by atoms with Crippen molar-refractivity contribution in [2.24, 2.45) is 5.18 Å². The predicted octanol–water partition coefficient (Wildman–Crippen LogP) is 3.64. The molecule has 0 N–H and O–H groups in total. The minimum Gasteiger partial charge on any atom is -0.197 e. The van der Waals surface area contributed by atoms with E-state index in [2.05, 4.69) is 11.2 Å². The summed E-state index contributed by atoms with van der Waals surface area (Å²) in [5, 5.41) is 14.6. The number of allylic oxidation sites excluding steroid dienone is 1. The highest BCUT2D eigenvalue weighted by molar-refractivity contribution is 8.18. The van der Waals surface area contributed by atoms with E-state index in [1.54, 1.807) is 6.08 Å². The lowest BCUT2D eigenvalue weighted by molar-refractivity contribution is 1.18. The normalized spacial score (nSPS) is 20.0. The fraction of sp³-hybridized carbons (Fsp3) is 0.231. The molecular weight excluding hydrogens is 232 g/mol. The van der Waals surface area contributed by atoms with Crippen molar-refractivity contribution in [1.82, 2.24) is 0 Å². The fourth-order valence-electron chi connectivity index (χ4n) is 1.88. The Morgan fingerprint density at radius 1 is 1.47 bits per heavy atom. The Kier molecular flexibility index (Phi) is 3.50. The van der Waals surface area contributed by atoms with Gasteiger partial charge in [-0.05, 0) is 41.1 Å². The van der Waals surface area contributed by atoms with E-state index in [-0.39, 0.29) is 5.25 Å². The zero-order valence-electron chi connectivity index (χ0n) is 9.46. The van der Waals surface area contributed by atoms with Gasteiger partial charge in [-0.1, -0.05) is 24.3 Å². The van der Waals surface area contributed by atoms with Gasteiger partial charge in [0.1, 0.15) is 10.3 Å². The van der Waals surface area contributed by atoms with Crippen molar-refractivity contribution in [1.29, 1.82) is 5.26 Å². The molecule has 1 heterocycles. The molecule has 0 aliphatic carbocycles. The molecule has 4 heteroatoms. The van der Waals surface area contributed by atoms with Gasteiger partial charge in [-0.2, -0.15) is 5.26 Å². The third kappa shape index (κ3) is 2.20. The van der Waals surface area contributed by atoms with Gasteiger partial charge < -0.3 is 0 Å². The number of nitriles is 1. The Hall–Kier alpha value is -1.73. The third-order valence-electron chi connectivity index (χ3n) is 2.74. The van der Waals surface area contributed by atoms with Crippen LogP contribution in [0.2, 0.25) is 0 Å². The van der Waals surface area contributed by atoms with Gasteiger partial charge in [-0.15, -0.1) is 15.4 Å². The summed E-state index contributed by atoms with van der Waals surface area (Å²) in [5.74, 6) is 0. The van der Waals surface area contributed by atoms with Crippen LogP contribution in [0.3, 0.4) is 0 Å². The molecule has 0 amide bonds. The van der Waals surface area contributed by atoms with Gasteiger partial charge in [0.2, 0.25) is 0 Å². The fourth-order valence-corrected chi connectivity index (χ4v) is 3.81. The van der Waals surface area contributed by atoms with E-state index >= 15 is 0 Å². The first-order valence-corrected chi connectivity index (χ1v) is 6.67. The summed E-state index contributed by atoms with van der Waals surface area (Å²) < 4.78 is 0. The summed E-state index contributed by atoms with van der Waals surface area (Å²) in [7, 11) is -0.468. The topological polar surface area (TPSA) is 53.2 Å². The molecule has 3 nitrogen and oxygen atoms in total. The molecule has 0 saturated heterocycles. The van der Waals surface area contributed by atoms with Gasteiger partial charge in [0.25, 0.3) is 0 Å². The Morgan fingerprint density at radius 2 is 2.24 bits per heavy atom. The maximum absolute atomic E-state index is 10.7. The van der Waals surface area contributed by atoms with Crippen LogP contribution in [0.1, 0.15) is 22.8 Å². The zero-order valence-corrected chi connectivity index (χ0v) is 10.3. The van der Waals surface area contributed by atoms with Crippen LogP contribution in [-0.2, 0) is 0 Å². The average Bonchev–Trinajstić information content (AvgIpc) is 2.81. The number of nitroso groups, excluding NO2 is 1. The maximum Gasteiger partial charge on any atom is 0.133 e. The molecule has 86 valence electrons. The highest BCUT2D eigenvalue weighted by atomic mass is 32.2. The molecule has 2 unspecified atom stereocenters. The SMILES string of the molecule is Cc1ccccc1C(C#N)S1=CCC=C1N=O. The minimum atomic E-state index is -0.468. The summed E-state index contributed by atoms with van der Waals surface area (Å²) >= 11 is 0. The number of aryl methyl sites for hydroxylation is 1. The van der Waals surface area contributed by atoms with Crippen molar-refractivity contribution in [3.63, 3.8) is 0 Å². The first kappa shape index (κ1) is 11.7. The summed E-state index contributed by atoms with van der Waals surface area (Å²) in [4.78, 5) is 10.7. The van der Waals surface area contributed by atoms with E-state index in [1.165, 1.54) is 0 Å². The summed E-state index contributed by atoms with van der Waals surface area (Å²) in [5.41, 5.74) is 2.07. The molecule has 0 bridgehead atoms. The van der Waals surface area contributed by atoms with E-state index in [9.17, 15) is 10.2 Å². The molecule has 0 aromatic heterocycles. The van der Waals surface area contributed by atoms with Crippen LogP contribution in [0.5, 0.6) is 0 Å². The van der Waals surface area contributed by atoms with Crippen molar-refractivity contribution in [2.75, 3.05) is 0 Å². The minimum absolute atomic E-state index is 0.289. The van der Waals surface area contributed by atoms with E-state index in [0.29, 0.717) is 5.03 Å². The molecule has 0 fully saturated rings. The lowest BCUT2D eigenvalue weighted by Gasteiger charge is -2.14. The van der Waals surface area contributed by atoms with Crippen molar-refractivity contribution < 1.29 is 0 Å². The molecular formula is C13H12N2OS. The van der Waals surface area contributed by atoms with Gasteiger partial charge in [0.05, 0.1) is 6.07 Å². The molecule has 2 rings (SSSR count). The van der Waals surface area contributed by atoms with Crippen molar-refractivity contribution in [2.45, 2.75) is 18.6 Å². The summed E-state index contributed by atoms with van der Waals surface area (Å²) in [6, 6.07) is 10.1. The van der Waals surface area contributed by atoms with Crippen LogP contribution < -0.4 is 0 Å². The first-order chi connectivity index (χ1) is 8.27.